The minimum Gasteiger partial charge on any atom is -0.371 e. The van der Waals surface area contributed by atoms with Gasteiger partial charge in [-0.1, -0.05) is 0 Å². The van der Waals surface area contributed by atoms with Gasteiger partial charge in [-0.05, 0) is 61.1 Å². The van der Waals surface area contributed by atoms with E-state index in [-0.39, 0.29) is 42.0 Å². The molecule has 158 valence electrons. The zero-order valence-electron chi connectivity index (χ0n) is 18.2. The number of methoxy groups -OCH3 is 1. The van der Waals surface area contributed by atoms with E-state index in [9.17, 15) is 4.79 Å². The number of amides is 1. The summed E-state index contributed by atoms with van der Waals surface area (Å²) in [4.78, 5) is 16.8. The van der Waals surface area contributed by atoms with E-state index in [1.807, 2.05) is 0 Å². The van der Waals surface area contributed by atoms with E-state index >= 15 is 0 Å². The van der Waals surface area contributed by atoms with Gasteiger partial charge in [-0.25, -0.2) is 0 Å². The van der Waals surface area contributed by atoms with E-state index in [0.717, 1.165) is 25.8 Å². The minimum absolute atomic E-state index is 0.00939. The first-order valence-electron chi connectivity index (χ1n) is 10.2. The zero-order valence-corrected chi connectivity index (χ0v) is 18.2. The fourth-order valence-corrected chi connectivity index (χ4v) is 3.99. The molecule has 5 atom stereocenters. The number of nitrogens with one attached hydrogen (secondary N) is 1. The van der Waals surface area contributed by atoms with Crippen molar-refractivity contribution in [1.29, 1.82) is 0 Å². The molecule has 2 aliphatic rings. The first-order chi connectivity index (χ1) is 12.6. The summed E-state index contributed by atoms with van der Waals surface area (Å²) < 4.78 is 17.5. The van der Waals surface area contributed by atoms with Crippen LogP contribution in [-0.2, 0) is 19.0 Å². The second-order valence-electron chi connectivity index (χ2n) is 8.97. The van der Waals surface area contributed by atoms with Crippen molar-refractivity contribution in [3.63, 3.8) is 0 Å². The molecular weight excluding hydrogens is 346 g/mol. The summed E-state index contributed by atoms with van der Waals surface area (Å²) >= 11 is 0. The number of hydrogen-bond donors (Lipinski definition) is 1. The lowest BCUT2D eigenvalue weighted by Crippen LogP contribution is -2.62. The SMILES string of the molecule is CO[C@@H]1O[C@H](C)C[C@H](N(C)C)[C@H]1OCCCNC(=O)C1CCN1C(C)(C)C. The van der Waals surface area contributed by atoms with Crippen LogP contribution in [0.25, 0.3) is 0 Å². The van der Waals surface area contributed by atoms with Crippen LogP contribution < -0.4 is 5.32 Å². The summed E-state index contributed by atoms with van der Waals surface area (Å²) in [6, 6.07) is 0.263. The molecule has 2 fully saturated rings. The van der Waals surface area contributed by atoms with Gasteiger partial charge in [-0.2, -0.15) is 0 Å². The molecule has 1 unspecified atom stereocenters. The van der Waals surface area contributed by atoms with E-state index in [0.29, 0.717) is 13.2 Å². The van der Waals surface area contributed by atoms with Gasteiger partial charge in [0, 0.05) is 38.4 Å². The number of likely N-dealkylation sites (N-methyl/N-ethyl adjacent to an activating group) is 1. The molecule has 0 radical (unpaired) electrons. The molecule has 27 heavy (non-hydrogen) atoms. The fourth-order valence-electron chi connectivity index (χ4n) is 3.99. The number of hydrogen-bond acceptors (Lipinski definition) is 6. The van der Waals surface area contributed by atoms with Crippen LogP contribution in [0.1, 0.15) is 47.0 Å². The van der Waals surface area contributed by atoms with E-state index in [1.54, 1.807) is 7.11 Å². The van der Waals surface area contributed by atoms with Crippen LogP contribution in [0, 0.1) is 0 Å². The van der Waals surface area contributed by atoms with Gasteiger partial charge >= 0.3 is 0 Å². The first kappa shape index (κ1) is 22.6. The van der Waals surface area contributed by atoms with Crippen molar-refractivity contribution >= 4 is 5.91 Å². The summed E-state index contributed by atoms with van der Waals surface area (Å²) in [7, 11) is 5.78. The van der Waals surface area contributed by atoms with Crippen molar-refractivity contribution in [3.8, 4) is 0 Å². The van der Waals surface area contributed by atoms with Crippen LogP contribution in [-0.4, -0.2) is 92.7 Å². The summed E-state index contributed by atoms with van der Waals surface area (Å²) in [5, 5.41) is 3.06. The van der Waals surface area contributed by atoms with Gasteiger partial charge in [-0.15, -0.1) is 0 Å². The Kier molecular flexibility index (Phi) is 8.06. The highest BCUT2D eigenvalue weighted by Crippen LogP contribution is 2.28. The van der Waals surface area contributed by atoms with Gasteiger partial charge in [0.15, 0.2) is 6.29 Å². The smallest absolute Gasteiger partial charge is 0.237 e. The van der Waals surface area contributed by atoms with Gasteiger partial charge in [0.05, 0.1) is 12.1 Å². The van der Waals surface area contributed by atoms with Crippen LogP contribution in [0.5, 0.6) is 0 Å². The van der Waals surface area contributed by atoms with Crippen molar-refractivity contribution in [2.75, 3.05) is 40.9 Å². The molecule has 2 saturated heterocycles. The molecule has 0 aromatic heterocycles. The fraction of sp³-hybridized carbons (Fsp3) is 0.950. The van der Waals surface area contributed by atoms with Gasteiger partial charge in [0.2, 0.25) is 5.91 Å². The highest BCUT2D eigenvalue weighted by atomic mass is 16.7. The number of carbonyl (C=O) groups is 1. The van der Waals surface area contributed by atoms with Crippen molar-refractivity contribution in [2.24, 2.45) is 0 Å². The van der Waals surface area contributed by atoms with Crippen LogP contribution >= 0.6 is 0 Å². The molecule has 0 spiro atoms. The third-order valence-corrected chi connectivity index (χ3v) is 5.60. The van der Waals surface area contributed by atoms with Crippen LogP contribution in [0.3, 0.4) is 0 Å². The Labute approximate surface area is 164 Å². The molecular formula is C20H39N3O4. The largest absolute Gasteiger partial charge is 0.371 e. The number of likely N-dealkylation sites (tertiary alicyclic amines) is 1. The lowest BCUT2D eigenvalue weighted by Gasteiger charge is -2.48. The van der Waals surface area contributed by atoms with Crippen molar-refractivity contribution in [2.45, 2.75) is 83.1 Å². The molecule has 2 aliphatic heterocycles. The van der Waals surface area contributed by atoms with Crippen molar-refractivity contribution < 1.29 is 19.0 Å². The van der Waals surface area contributed by atoms with E-state index in [2.05, 4.69) is 56.9 Å². The predicted molar refractivity (Wildman–Crippen MR) is 106 cm³/mol. The molecule has 7 nitrogen and oxygen atoms in total. The molecule has 0 bridgehead atoms. The van der Waals surface area contributed by atoms with Crippen LogP contribution in [0.2, 0.25) is 0 Å². The Morgan fingerprint density at radius 2 is 2.04 bits per heavy atom. The van der Waals surface area contributed by atoms with Crippen LogP contribution in [0.4, 0.5) is 0 Å². The van der Waals surface area contributed by atoms with Crippen molar-refractivity contribution in [3.05, 3.63) is 0 Å². The number of nitrogens with zero attached hydrogens (tertiary/aromatic N) is 2. The number of rotatable bonds is 8. The second kappa shape index (κ2) is 9.65. The standard InChI is InChI=1S/C20H39N3O4/c1-14-13-16(22(5)6)17(19(25-7)27-14)26-12-8-10-21-18(24)15-9-11-23(15)20(2,3)4/h14-17,19H,8-13H2,1-7H3,(H,21,24)/t14-,15?,16+,17-,19-/m1/s1. The molecule has 2 rings (SSSR count). The summed E-state index contributed by atoms with van der Waals surface area (Å²) in [5.41, 5.74) is 0.0395. The van der Waals surface area contributed by atoms with E-state index in [1.165, 1.54) is 0 Å². The second-order valence-corrected chi connectivity index (χ2v) is 8.97. The van der Waals surface area contributed by atoms with Crippen molar-refractivity contribution in [1.82, 2.24) is 15.1 Å². The topological polar surface area (TPSA) is 63.3 Å². The van der Waals surface area contributed by atoms with Gasteiger partial charge in [0.1, 0.15) is 6.10 Å². The number of ether oxygens (including phenoxy) is 3. The lowest BCUT2D eigenvalue weighted by atomic mass is 9.93. The first-order valence-corrected chi connectivity index (χ1v) is 10.2. The Morgan fingerprint density at radius 3 is 2.56 bits per heavy atom. The van der Waals surface area contributed by atoms with Gasteiger partial charge < -0.3 is 24.4 Å². The Morgan fingerprint density at radius 1 is 1.33 bits per heavy atom. The molecule has 0 aliphatic carbocycles. The van der Waals surface area contributed by atoms with Gasteiger partial charge in [0.25, 0.3) is 0 Å². The Hall–Kier alpha value is -0.730. The molecule has 1 amide bonds. The maximum absolute atomic E-state index is 12.4. The highest BCUT2D eigenvalue weighted by Gasteiger charge is 2.41. The lowest BCUT2D eigenvalue weighted by molar-refractivity contribution is -0.254. The highest BCUT2D eigenvalue weighted by molar-refractivity contribution is 5.82. The molecule has 7 heteroatoms. The Balaban J connectivity index is 1.73. The third kappa shape index (κ3) is 5.87. The van der Waals surface area contributed by atoms with Crippen LogP contribution in [0.15, 0.2) is 0 Å². The van der Waals surface area contributed by atoms with Gasteiger partial charge in [-0.3, -0.25) is 9.69 Å². The molecule has 0 aromatic carbocycles. The summed E-state index contributed by atoms with van der Waals surface area (Å²) in [6.45, 7) is 10.7. The quantitative estimate of drug-likeness (QED) is 0.639. The average Bonchev–Trinajstić information content (AvgIpc) is 2.52. The number of carbonyl (C=O) groups excluding carboxylic acids is 1. The normalized spacial score (nSPS) is 32.4. The summed E-state index contributed by atoms with van der Waals surface area (Å²) in [6.07, 6.45) is 2.30. The average molecular weight is 386 g/mol. The predicted octanol–water partition coefficient (Wildman–Crippen LogP) is 1.46. The monoisotopic (exact) mass is 385 g/mol. The summed E-state index contributed by atoms with van der Waals surface area (Å²) in [5.74, 6) is 0.131. The third-order valence-electron chi connectivity index (χ3n) is 5.60. The molecule has 1 N–H and O–H groups in total. The zero-order chi connectivity index (χ0) is 20.2. The minimum atomic E-state index is -0.355. The van der Waals surface area contributed by atoms with E-state index in [4.69, 9.17) is 14.2 Å². The van der Waals surface area contributed by atoms with E-state index < -0.39 is 0 Å². The maximum atomic E-state index is 12.4. The molecule has 2 heterocycles. The Bertz CT molecular complexity index is 480. The maximum Gasteiger partial charge on any atom is 0.237 e. The molecule has 0 aromatic rings. The molecule has 0 saturated carbocycles.